The van der Waals surface area contributed by atoms with Crippen LogP contribution in [0.25, 0.3) is 0 Å². The highest BCUT2D eigenvalue weighted by molar-refractivity contribution is 6.21. The Labute approximate surface area is 206 Å². The number of ether oxygens (including phenoxy) is 2. The fraction of sp³-hybridized carbons (Fsp3) is 0.826. The van der Waals surface area contributed by atoms with Crippen molar-refractivity contribution in [3.63, 3.8) is 0 Å². The van der Waals surface area contributed by atoms with Crippen LogP contribution in [0.2, 0.25) is 0 Å². The molecule has 2 bridgehead atoms. The van der Waals surface area contributed by atoms with E-state index in [1.54, 1.807) is 6.08 Å². The SMILES string of the molecule is O=C(/C=C/C1CCC(OC(F)(F)F)CN1)NC12CCC(NC(=O)COC3CCC(Cl)C(F)C3)(C1)C2. The molecule has 4 aliphatic carbocycles. The number of nitrogens with one attached hydrogen (secondary N) is 3. The van der Waals surface area contributed by atoms with Crippen molar-refractivity contribution in [1.82, 2.24) is 16.0 Å². The number of halogens is 5. The molecule has 1 saturated heterocycles. The smallest absolute Gasteiger partial charge is 0.368 e. The van der Waals surface area contributed by atoms with Crippen molar-refractivity contribution in [2.75, 3.05) is 13.2 Å². The minimum absolute atomic E-state index is 0.0638. The van der Waals surface area contributed by atoms with Gasteiger partial charge in [-0.2, -0.15) is 0 Å². The van der Waals surface area contributed by atoms with E-state index < -0.39 is 24.0 Å². The molecular formula is C23H32ClF4N3O4. The summed E-state index contributed by atoms with van der Waals surface area (Å²) in [5, 5.41) is 8.52. The molecule has 0 radical (unpaired) electrons. The summed E-state index contributed by atoms with van der Waals surface area (Å²) in [5.74, 6) is -0.507. The first-order valence-corrected chi connectivity index (χ1v) is 12.6. The molecule has 5 unspecified atom stereocenters. The lowest BCUT2D eigenvalue weighted by atomic mass is 9.71. The normalized spacial score (nSPS) is 39.3. The molecule has 12 heteroatoms. The Balaban J connectivity index is 1.14. The van der Waals surface area contributed by atoms with Crippen LogP contribution >= 0.6 is 11.6 Å². The van der Waals surface area contributed by atoms with Crippen LogP contribution in [0.3, 0.4) is 0 Å². The molecule has 198 valence electrons. The molecule has 5 atom stereocenters. The summed E-state index contributed by atoms with van der Waals surface area (Å²) in [6, 6.07) is -0.193. The van der Waals surface area contributed by atoms with E-state index in [2.05, 4.69) is 20.7 Å². The van der Waals surface area contributed by atoms with Crippen molar-refractivity contribution in [2.24, 2.45) is 0 Å². The summed E-state index contributed by atoms with van der Waals surface area (Å²) in [5.41, 5.74) is -0.715. The van der Waals surface area contributed by atoms with Gasteiger partial charge >= 0.3 is 6.36 Å². The van der Waals surface area contributed by atoms with E-state index in [-0.39, 0.29) is 61.0 Å². The number of carbonyl (C=O) groups is 2. The maximum Gasteiger partial charge on any atom is 0.522 e. The molecule has 5 aliphatic rings. The lowest BCUT2D eigenvalue weighted by molar-refractivity contribution is -0.343. The van der Waals surface area contributed by atoms with Crippen LogP contribution in [0.5, 0.6) is 0 Å². The van der Waals surface area contributed by atoms with Gasteiger partial charge < -0.3 is 20.7 Å². The Morgan fingerprint density at radius 2 is 1.74 bits per heavy atom. The third-order valence-electron chi connectivity index (χ3n) is 7.51. The quantitative estimate of drug-likeness (QED) is 0.258. The topological polar surface area (TPSA) is 88.7 Å². The summed E-state index contributed by atoms with van der Waals surface area (Å²) in [6.07, 6.45) is 0.886. The van der Waals surface area contributed by atoms with Gasteiger partial charge in [-0.3, -0.25) is 14.3 Å². The zero-order valence-corrected chi connectivity index (χ0v) is 20.1. The van der Waals surface area contributed by atoms with Gasteiger partial charge in [-0.05, 0) is 51.4 Å². The Morgan fingerprint density at radius 3 is 2.37 bits per heavy atom. The lowest BCUT2D eigenvalue weighted by Gasteiger charge is -2.48. The summed E-state index contributed by atoms with van der Waals surface area (Å²) < 4.78 is 60.2. The lowest BCUT2D eigenvalue weighted by Crippen LogP contribution is -2.64. The van der Waals surface area contributed by atoms with Crippen molar-refractivity contribution in [3.05, 3.63) is 12.2 Å². The van der Waals surface area contributed by atoms with Crippen LogP contribution in [-0.2, 0) is 19.1 Å². The Kier molecular flexibility index (Phi) is 8.00. The highest BCUT2D eigenvalue weighted by atomic mass is 35.5. The molecule has 1 aliphatic heterocycles. The molecule has 5 rings (SSSR count). The number of fused-ring (bicyclic) bond motifs is 1. The number of alkyl halides is 5. The molecule has 0 aromatic heterocycles. The summed E-state index contributed by atoms with van der Waals surface area (Å²) in [6.45, 7) is -0.0637. The number of piperidine rings is 1. The van der Waals surface area contributed by atoms with E-state index >= 15 is 0 Å². The highest BCUT2D eigenvalue weighted by Crippen LogP contribution is 2.55. The second kappa shape index (κ2) is 10.5. The molecule has 7 nitrogen and oxygen atoms in total. The van der Waals surface area contributed by atoms with Crippen LogP contribution in [0.15, 0.2) is 12.2 Å². The molecular weight excluding hydrogens is 494 g/mol. The first-order valence-electron chi connectivity index (χ1n) is 12.1. The average molecular weight is 526 g/mol. The molecule has 1 heterocycles. The fourth-order valence-corrected chi connectivity index (χ4v) is 6.14. The molecule has 0 aromatic rings. The van der Waals surface area contributed by atoms with E-state index in [0.29, 0.717) is 32.1 Å². The van der Waals surface area contributed by atoms with Crippen molar-refractivity contribution >= 4 is 23.4 Å². The van der Waals surface area contributed by atoms with Crippen LogP contribution in [0.4, 0.5) is 17.6 Å². The van der Waals surface area contributed by atoms with Gasteiger partial charge in [0.2, 0.25) is 11.8 Å². The van der Waals surface area contributed by atoms with Crippen molar-refractivity contribution in [3.8, 4) is 0 Å². The highest BCUT2D eigenvalue weighted by Gasteiger charge is 2.61. The van der Waals surface area contributed by atoms with Gasteiger partial charge in [0.1, 0.15) is 12.8 Å². The second-order valence-corrected chi connectivity index (χ2v) is 10.9. The minimum atomic E-state index is -4.65. The molecule has 4 saturated carbocycles. The third kappa shape index (κ3) is 7.08. The van der Waals surface area contributed by atoms with Crippen molar-refractivity contribution in [1.29, 1.82) is 0 Å². The van der Waals surface area contributed by atoms with Gasteiger partial charge in [0.05, 0.1) is 17.6 Å². The van der Waals surface area contributed by atoms with Crippen molar-refractivity contribution < 1.29 is 36.6 Å². The van der Waals surface area contributed by atoms with Crippen LogP contribution in [0, 0.1) is 0 Å². The second-order valence-electron chi connectivity index (χ2n) is 10.4. The van der Waals surface area contributed by atoms with Gasteiger partial charge in [0.25, 0.3) is 0 Å². The Bertz CT molecular complexity index is 813. The number of rotatable bonds is 8. The first kappa shape index (κ1) is 26.6. The summed E-state index contributed by atoms with van der Waals surface area (Å²) in [7, 11) is 0. The number of amides is 2. The largest absolute Gasteiger partial charge is 0.522 e. The zero-order valence-electron chi connectivity index (χ0n) is 19.3. The van der Waals surface area contributed by atoms with Crippen LogP contribution < -0.4 is 16.0 Å². The fourth-order valence-electron chi connectivity index (χ4n) is 5.91. The summed E-state index contributed by atoms with van der Waals surface area (Å²) in [4.78, 5) is 24.8. The van der Waals surface area contributed by atoms with E-state index in [0.717, 1.165) is 12.8 Å². The van der Waals surface area contributed by atoms with E-state index in [1.165, 1.54) is 6.08 Å². The number of carbonyl (C=O) groups excluding carboxylic acids is 2. The third-order valence-corrected chi connectivity index (χ3v) is 8.00. The zero-order chi connectivity index (χ0) is 25.3. The predicted octanol–water partition coefficient (Wildman–Crippen LogP) is 3.01. The predicted molar refractivity (Wildman–Crippen MR) is 119 cm³/mol. The van der Waals surface area contributed by atoms with E-state index in [1.807, 2.05) is 0 Å². The number of hydrogen-bond acceptors (Lipinski definition) is 5. The standard InChI is InChI=1S/C23H32ClF4N3O4/c24-17-5-4-15(9-18(17)25)34-11-20(33)31-22-8-7-21(12-22,13-22)30-19(32)6-2-14-1-3-16(10-29-14)35-23(26,27)28/h2,6,14-18,29H,1,3-5,7-13H2,(H,30,32)(H,31,33)/b6-2+. The monoisotopic (exact) mass is 525 g/mol. The Hall–Kier alpha value is -1.43. The minimum Gasteiger partial charge on any atom is -0.368 e. The maximum atomic E-state index is 13.7. The molecule has 3 N–H and O–H groups in total. The molecule has 5 fully saturated rings. The van der Waals surface area contributed by atoms with Crippen LogP contribution in [0.1, 0.15) is 57.8 Å². The maximum absolute atomic E-state index is 13.7. The van der Waals surface area contributed by atoms with E-state index in [4.69, 9.17) is 16.3 Å². The van der Waals surface area contributed by atoms with Crippen molar-refractivity contribution in [2.45, 2.75) is 105 Å². The van der Waals surface area contributed by atoms with Gasteiger partial charge in [-0.1, -0.05) is 6.08 Å². The Morgan fingerprint density at radius 1 is 1.06 bits per heavy atom. The van der Waals surface area contributed by atoms with E-state index in [9.17, 15) is 27.2 Å². The van der Waals surface area contributed by atoms with Crippen LogP contribution in [-0.4, -0.2) is 72.2 Å². The van der Waals surface area contributed by atoms with Gasteiger partial charge in [0, 0.05) is 36.2 Å². The molecule has 0 aromatic carbocycles. The number of hydrogen-bond donors (Lipinski definition) is 3. The average Bonchev–Trinajstić information content (AvgIpc) is 3.27. The van der Waals surface area contributed by atoms with Gasteiger partial charge in [-0.15, -0.1) is 24.8 Å². The molecule has 0 spiro atoms. The summed E-state index contributed by atoms with van der Waals surface area (Å²) >= 11 is 5.88. The molecule has 35 heavy (non-hydrogen) atoms. The van der Waals surface area contributed by atoms with Gasteiger partial charge in [0.15, 0.2) is 0 Å². The molecule has 2 amide bonds. The first-order chi connectivity index (χ1) is 16.4. The van der Waals surface area contributed by atoms with Gasteiger partial charge in [-0.25, -0.2) is 4.39 Å².